The number of fused-ring (bicyclic) bond motifs is 7. The van der Waals surface area contributed by atoms with Crippen molar-refractivity contribution < 1.29 is 193 Å². The molecule has 14 fully saturated rings. The van der Waals surface area contributed by atoms with E-state index in [0.29, 0.717) is 49.0 Å². The molecule has 21 N–H and O–H groups in total. The standard InChI is InChI=1S/C73H120O39/c1-24-9-14-73(99-19-24)25(2)40-35(112-73)16-32-30-8-7-28-15-29(10-12-71(28,5)31(30)11-13-72(32,40)6)102-69-61(51(88)45(82)38(106-69)22-97-63-53(90)48(85)41(78)26(3)100-63)110-70-62(111-65-52(89)43(80)33(76)20-95-65)60(46(83)37(18-75)104-70)109-66-56(93)58(34(77)21-96-66)107-68-57(94)59(108-67-55(92)50(87)44(81)36(17-74)103-67)47(84)39(105-68)23-98-64-54(91)49(86)42(79)27(4)101-64/h24-70,74-94H,7-23H2,1-6H3/t24-,25+,26+,27+,28+,29+,30-,31+,32+,33-,34+,35+,36-,37-,38-,39-,40+,41+,42+,43+,44+,45-,46-,47-,48-,49-,50+,51+,52-,53-,54-,55-,56-,57-,58+,59+,60+,61-,62-,63-,64-,65+,66+,67+,68+,69-,70+,71+,72+,73-/m1/s1. The van der Waals surface area contributed by atoms with Gasteiger partial charge in [0.2, 0.25) is 0 Å². The van der Waals surface area contributed by atoms with Gasteiger partial charge in [-0.3, -0.25) is 0 Å². The van der Waals surface area contributed by atoms with Crippen molar-refractivity contribution in [2.45, 2.75) is 357 Å². The van der Waals surface area contributed by atoms with Gasteiger partial charge >= 0.3 is 0 Å². The molecule has 0 amide bonds. The van der Waals surface area contributed by atoms with Crippen molar-refractivity contribution in [3.8, 4) is 0 Å². The predicted octanol–water partition coefficient (Wildman–Crippen LogP) is -8.28. The fourth-order valence-electron chi connectivity index (χ4n) is 21.2. The normalized spacial score (nSPS) is 57.4. The fourth-order valence-corrected chi connectivity index (χ4v) is 21.2. The summed E-state index contributed by atoms with van der Waals surface area (Å²) in [6.07, 6.45) is -62.9. The Hall–Kier alpha value is -1.56. The number of ether oxygens (including phenoxy) is 18. The lowest BCUT2D eigenvalue weighted by molar-refractivity contribution is -0.409. The molecule has 10 aliphatic heterocycles. The van der Waals surface area contributed by atoms with Gasteiger partial charge in [0.15, 0.2) is 56.1 Å². The van der Waals surface area contributed by atoms with Crippen molar-refractivity contribution in [2.75, 3.05) is 46.2 Å². The van der Waals surface area contributed by atoms with Gasteiger partial charge in [0, 0.05) is 12.3 Å². The van der Waals surface area contributed by atoms with E-state index in [9.17, 15) is 107 Å². The summed E-state index contributed by atoms with van der Waals surface area (Å²) in [5.41, 5.74) is -0.0494. The van der Waals surface area contributed by atoms with Gasteiger partial charge in [0.05, 0.1) is 70.7 Å². The lowest BCUT2D eigenvalue weighted by Gasteiger charge is -2.61. The smallest absolute Gasteiger partial charge is 0.187 e. The van der Waals surface area contributed by atoms with E-state index in [1.54, 1.807) is 0 Å². The van der Waals surface area contributed by atoms with Crippen molar-refractivity contribution in [2.24, 2.45) is 52.3 Å². The SMILES string of the molecule is C[C@@H]1CC[C@@]2(OC1)O[C@H]1C[C@H]3[C@@H]4CC[C@H]5C[C@@H](O[C@@H]6O[C@H](CO[C@@H]7O[C@@H](C)[C@H](O)[C@@H](O)[C@H]7O)[C@@H](O)[C@H](O)[C@H]6O[C@@H]6O[C@H](CO)[C@@H](O)[C@H](O[C@@H]7OC[C@H](O)[C@H](O[C@@H]8O[C@H](CO[C@@H]9O[C@@H](C)[C@H](O)[C@@H](O)[C@H]9O)[C@@H](O)[C@H](O[C@@H]9O[C@H](CO)[C@H](O)[C@H](O)[C@H]9O)[C@H]8O)[C@H]7O)[C@H]6O[C@@H]6OC[C@@H](O)[C@H](O)[C@H]6O)CC[C@]5(C)[C@H]4CC[C@]3(C)[C@H]1[C@@H]2C. The van der Waals surface area contributed by atoms with E-state index >= 15 is 0 Å². The monoisotopic (exact) mass is 1620 g/mol. The zero-order chi connectivity index (χ0) is 80.4. The van der Waals surface area contributed by atoms with E-state index in [4.69, 9.17) is 85.3 Å². The molecule has 14 rings (SSSR count). The number of aliphatic hydroxyl groups excluding tert-OH is 21. The van der Waals surface area contributed by atoms with Crippen molar-refractivity contribution in [3.63, 3.8) is 0 Å². The Morgan fingerprint density at radius 1 is 0.357 bits per heavy atom. The Bertz CT molecular complexity index is 3040. The molecule has 0 aromatic heterocycles. The van der Waals surface area contributed by atoms with Crippen LogP contribution in [0.2, 0.25) is 0 Å². The number of hydrogen-bond donors (Lipinski definition) is 21. The number of hydrogen-bond acceptors (Lipinski definition) is 39. The Kier molecular flexibility index (Phi) is 26.9. The van der Waals surface area contributed by atoms with Crippen LogP contribution >= 0.6 is 0 Å². The third kappa shape index (κ3) is 16.1. The molecular weight excluding hydrogens is 1500 g/mol. The summed E-state index contributed by atoms with van der Waals surface area (Å²) in [4.78, 5) is 0. The first-order chi connectivity index (χ1) is 53.1. The Morgan fingerprint density at radius 2 is 0.848 bits per heavy atom. The molecule has 4 saturated carbocycles. The van der Waals surface area contributed by atoms with E-state index in [1.165, 1.54) is 13.8 Å². The highest BCUT2D eigenvalue weighted by Gasteiger charge is 2.70. The lowest BCUT2D eigenvalue weighted by Crippen LogP contribution is -2.68. The minimum absolute atomic E-state index is 0.0672. The van der Waals surface area contributed by atoms with E-state index in [-0.39, 0.29) is 28.8 Å². The second kappa shape index (κ2) is 34.8. The van der Waals surface area contributed by atoms with Crippen molar-refractivity contribution in [1.82, 2.24) is 0 Å². The molecule has 4 aliphatic carbocycles. The highest BCUT2D eigenvalue weighted by molar-refractivity contribution is 5.16. The molecule has 10 heterocycles. The number of rotatable bonds is 20. The van der Waals surface area contributed by atoms with Crippen LogP contribution in [0.4, 0.5) is 0 Å². The molecule has 39 heteroatoms. The maximum atomic E-state index is 12.6. The first kappa shape index (κ1) is 86.8. The molecule has 1 spiro atoms. The lowest BCUT2D eigenvalue weighted by atomic mass is 9.44. The summed E-state index contributed by atoms with van der Waals surface area (Å²) < 4.78 is 111. The Morgan fingerprint density at radius 3 is 1.49 bits per heavy atom. The van der Waals surface area contributed by atoms with Gasteiger partial charge in [-0.2, -0.15) is 0 Å². The summed E-state index contributed by atoms with van der Waals surface area (Å²) >= 11 is 0. The third-order valence-electron chi connectivity index (χ3n) is 27.9. The Balaban J connectivity index is 0.720. The topological polar surface area (TPSA) is 591 Å². The van der Waals surface area contributed by atoms with Gasteiger partial charge in [-0.1, -0.05) is 27.7 Å². The van der Waals surface area contributed by atoms with Crippen molar-refractivity contribution in [3.05, 3.63) is 0 Å². The maximum absolute atomic E-state index is 12.6. The van der Waals surface area contributed by atoms with Crippen molar-refractivity contribution >= 4 is 0 Å². The van der Waals surface area contributed by atoms with Crippen LogP contribution < -0.4 is 0 Å². The van der Waals surface area contributed by atoms with E-state index in [0.717, 1.165) is 51.4 Å². The average molecular weight is 1620 g/mol. The van der Waals surface area contributed by atoms with E-state index in [2.05, 4.69) is 27.7 Å². The fraction of sp³-hybridized carbons (Fsp3) is 1.00. The summed E-state index contributed by atoms with van der Waals surface area (Å²) in [5, 5.41) is 235. The van der Waals surface area contributed by atoms with Crippen LogP contribution in [0.5, 0.6) is 0 Å². The van der Waals surface area contributed by atoms with Crippen LogP contribution in [0, 0.1) is 52.3 Å². The molecule has 14 aliphatic rings. The molecule has 0 radical (unpaired) electrons. The van der Waals surface area contributed by atoms with Gasteiger partial charge in [-0.05, 0) is 118 Å². The molecule has 0 aromatic carbocycles. The third-order valence-corrected chi connectivity index (χ3v) is 27.9. The summed E-state index contributed by atoms with van der Waals surface area (Å²) in [6.45, 7) is 7.97. The van der Waals surface area contributed by atoms with Crippen LogP contribution in [0.15, 0.2) is 0 Å². The maximum Gasteiger partial charge on any atom is 0.187 e. The molecule has 10 saturated heterocycles. The first-order valence-corrected chi connectivity index (χ1v) is 39.9. The molecule has 39 nitrogen and oxygen atoms in total. The predicted molar refractivity (Wildman–Crippen MR) is 364 cm³/mol. The zero-order valence-electron chi connectivity index (χ0n) is 63.4. The molecule has 0 bridgehead atoms. The summed E-state index contributed by atoms with van der Waals surface area (Å²) in [5.74, 6) is 1.98. The largest absolute Gasteiger partial charge is 0.394 e. The van der Waals surface area contributed by atoms with Crippen LogP contribution in [-0.4, -0.2) is 405 Å². The highest BCUT2D eigenvalue weighted by atomic mass is 16.8. The van der Waals surface area contributed by atoms with Gasteiger partial charge in [-0.25, -0.2) is 0 Å². The summed E-state index contributed by atoms with van der Waals surface area (Å²) in [6, 6.07) is 0. The second-order valence-corrected chi connectivity index (χ2v) is 34.7. The molecule has 0 unspecified atom stereocenters. The molecule has 112 heavy (non-hydrogen) atoms. The van der Waals surface area contributed by atoms with Gasteiger partial charge in [0.25, 0.3) is 0 Å². The Labute approximate surface area is 646 Å². The molecule has 646 valence electrons. The van der Waals surface area contributed by atoms with Crippen LogP contribution in [0.3, 0.4) is 0 Å². The van der Waals surface area contributed by atoms with Gasteiger partial charge in [-0.15, -0.1) is 0 Å². The zero-order valence-corrected chi connectivity index (χ0v) is 63.4. The van der Waals surface area contributed by atoms with Gasteiger partial charge in [0.1, 0.15) is 171 Å². The van der Waals surface area contributed by atoms with Crippen LogP contribution in [0.1, 0.15) is 106 Å². The average Bonchev–Trinajstić information content (AvgIpc) is 1.51. The highest BCUT2D eigenvalue weighted by Crippen LogP contribution is 2.72. The first-order valence-electron chi connectivity index (χ1n) is 39.9. The van der Waals surface area contributed by atoms with E-state index < -0.39 is 285 Å². The van der Waals surface area contributed by atoms with Gasteiger partial charge < -0.3 is 193 Å². The van der Waals surface area contributed by atoms with E-state index in [1.807, 2.05) is 0 Å². The minimum atomic E-state index is -2.29. The quantitative estimate of drug-likeness (QED) is 0.0503. The molecule has 50 atom stereocenters. The molecule has 0 aromatic rings. The second-order valence-electron chi connectivity index (χ2n) is 34.7. The van der Waals surface area contributed by atoms with Crippen LogP contribution in [-0.2, 0) is 85.3 Å². The van der Waals surface area contributed by atoms with Crippen molar-refractivity contribution in [1.29, 1.82) is 0 Å². The number of aliphatic hydroxyl groups is 21. The minimum Gasteiger partial charge on any atom is -0.394 e. The molecular formula is C73H120O39. The summed E-state index contributed by atoms with van der Waals surface area (Å²) in [7, 11) is 0. The van der Waals surface area contributed by atoms with Crippen LogP contribution in [0.25, 0.3) is 0 Å².